The van der Waals surface area contributed by atoms with Crippen molar-refractivity contribution in [1.29, 1.82) is 0 Å². The van der Waals surface area contributed by atoms with E-state index in [4.69, 9.17) is 14.4 Å². The molecule has 2 fully saturated rings. The van der Waals surface area contributed by atoms with Crippen molar-refractivity contribution in [3.05, 3.63) is 12.4 Å². The van der Waals surface area contributed by atoms with Gasteiger partial charge in [-0.25, -0.2) is 9.97 Å². The SMILES string of the molecule is CC1(C)OB(c2cnc(S[C@H]3CCN(C(=O)[C@H](O)CO)C3)nc2)OC1(C)C. The minimum atomic E-state index is -1.34. The monoisotopic (exact) mass is 395 g/mol. The topological polar surface area (TPSA) is 105 Å². The van der Waals surface area contributed by atoms with Crippen LogP contribution in [0.15, 0.2) is 17.6 Å². The Morgan fingerprint density at radius 2 is 1.93 bits per heavy atom. The van der Waals surface area contributed by atoms with Gasteiger partial charge in [0.1, 0.15) is 0 Å². The Bertz CT molecular complexity index is 672. The number of hydrogen-bond acceptors (Lipinski definition) is 8. The van der Waals surface area contributed by atoms with Gasteiger partial charge in [-0.3, -0.25) is 4.79 Å². The summed E-state index contributed by atoms with van der Waals surface area (Å²) < 4.78 is 12.0. The fourth-order valence-corrected chi connectivity index (χ4v) is 3.95. The molecule has 8 nitrogen and oxygen atoms in total. The van der Waals surface area contributed by atoms with Gasteiger partial charge in [0, 0.05) is 36.2 Å². The van der Waals surface area contributed by atoms with E-state index < -0.39 is 36.9 Å². The van der Waals surface area contributed by atoms with Crippen LogP contribution in [0.4, 0.5) is 0 Å². The molecule has 0 spiro atoms. The Balaban J connectivity index is 1.57. The largest absolute Gasteiger partial charge is 0.498 e. The van der Waals surface area contributed by atoms with Crippen LogP contribution in [-0.4, -0.2) is 80.4 Å². The van der Waals surface area contributed by atoms with E-state index in [1.54, 1.807) is 17.3 Å². The molecule has 2 aliphatic rings. The minimum Gasteiger partial charge on any atom is -0.399 e. The first-order valence-corrected chi connectivity index (χ1v) is 9.93. The molecule has 2 saturated heterocycles. The molecule has 27 heavy (non-hydrogen) atoms. The molecule has 1 amide bonds. The van der Waals surface area contributed by atoms with Gasteiger partial charge in [-0.15, -0.1) is 0 Å². The minimum absolute atomic E-state index is 0.155. The van der Waals surface area contributed by atoms with Gasteiger partial charge >= 0.3 is 7.12 Å². The normalized spacial score (nSPS) is 25.0. The van der Waals surface area contributed by atoms with Crippen molar-refractivity contribution in [3.63, 3.8) is 0 Å². The predicted octanol–water partition coefficient (Wildman–Crippen LogP) is -0.178. The maximum Gasteiger partial charge on any atom is 0.498 e. The summed E-state index contributed by atoms with van der Waals surface area (Å²) in [6, 6.07) is 0. The Kier molecular flexibility index (Phi) is 5.84. The van der Waals surface area contributed by atoms with Crippen LogP contribution in [-0.2, 0) is 14.1 Å². The lowest BCUT2D eigenvalue weighted by atomic mass is 9.81. The van der Waals surface area contributed by atoms with E-state index in [0.717, 1.165) is 11.9 Å². The zero-order chi connectivity index (χ0) is 19.8. The van der Waals surface area contributed by atoms with Crippen molar-refractivity contribution < 1.29 is 24.3 Å². The van der Waals surface area contributed by atoms with Gasteiger partial charge in [0.05, 0.1) is 17.8 Å². The molecule has 10 heteroatoms. The van der Waals surface area contributed by atoms with Crippen LogP contribution in [0.1, 0.15) is 34.1 Å². The Morgan fingerprint density at radius 3 is 2.48 bits per heavy atom. The molecule has 0 aliphatic carbocycles. The van der Waals surface area contributed by atoms with Crippen LogP contribution < -0.4 is 5.46 Å². The molecule has 2 aliphatic heterocycles. The number of aliphatic hydroxyl groups is 2. The summed E-state index contributed by atoms with van der Waals surface area (Å²) in [5.41, 5.74) is -0.0546. The fourth-order valence-electron chi connectivity index (χ4n) is 2.95. The molecule has 0 saturated carbocycles. The van der Waals surface area contributed by atoms with Gasteiger partial charge in [0.25, 0.3) is 5.91 Å². The molecule has 2 atom stereocenters. The van der Waals surface area contributed by atoms with E-state index in [1.165, 1.54) is 11.8 Å². The second-order valence-electron chi connectivity index (χ2n) is 7.90. The molecule has 148 valence electrons. The lowest BCUT2D eigenvalue weighted by Crippen LogP contribution is -2.41. The lowest BCUT2D eigenvalue weighted by molar-refractivity contribution is -0.140. The maximum absolute atomic E-state index is 11.9. The first kappa shape index (κ1) is 20.5. The molecular weight excluding hydrogens is 369 g/mol. The van der Waals surface area contributed by atoms with E-state index in [0.29, 0.717) is 18.2 Å². The third-order valence-electron chi connectivity index (χ3n) is 5.36. The number of nitrogens with zero attached hydrogens (tertiary/aromatic N) is 3. The second-order valence-corrected chi connectivity index (χ2v) is 9.17. The van der Waals surface area contributed by atoms with E-state index in [2.05, 4.69) is 9.97 Å². The predicted molar refractivity (Wildman–Crippen MR) is 102 cm³/mol. The molecule has 0 radical (unpaired) electrons. The molecule has 0 unspecified atom stereocenters. The highest BCUT2D eigenvalue weighted by Crippen LogP contribution is 2.36. The molecule has 3 rings (SSSR count). The summed E-state index contributed by atoms with van der Waals surface area (Å²) >= 11 is 1.50. The van der Waals surface area contributed by atoms with Gasteiger partial charge in [0.2, 0.25) is 0 Å². The van der Waals surface area contributed by atoms with Crippen LogP contribution in [0.5, 0.6) is 0 Å². The van der Waals surface area contributed by atoms with E-state index in [9.17, 15) is 9.90 Å². The molecule has 1 aromatic rings. The number of aromatic nitrogens is 2. The third-order valence-corrected chi connectivity index (χ3v) is 6.50. The van der Waals surface area contributed by atoms with Gasteiger partial charge in [-0.1, -0.05) is 11.8 Å². The summed E-state index contributed by atoms with van der Waals surface area (Å²) in [5, 5.41) is 19.2. The average Bonchev–Trinajstić information content (AvgIpc) is 3.16. The maximum atomic E-state index is 11.9. The number of thioether (sulfide) groups is 1. The van der Waals surface area contributed by atoms with Gasteiger partial charge in [-0.2, -0.15) is 0 Å². The zero-order valence-corrected chi connectivity index (χ0v) is 16.9. The van der Waals surface area contributed by atoms with E-state index in [1.807, 2.05) is 27.7 Å². The number of hydrogen-bond donors (Lipinski definition) is 2. The first-order chi connectivity index (χ1) is 12.6. The van der Waals surface area contributed by atoms with E-state index >= 15 is 0 Å². The summed E-state index contributed by atoms with van der Waals surface area (Å²) in [7, 11) is -0.492. The third kappa shape index (κ3) is 4.29. The van der Waals surface area contributed by atoms with Crippen LogP contribution in [0, 0.1) is 0 Å². The van der Waals surface area contributed by atoms with Gasteiger partial charge < -0.3 is 24.4 Å². The molecule has 0 bridgehead atoms. The molecule has 1 aromatic heterocycles. The summed E-state index contributed by atoms with van der Waals surface area (Å²) in [5.74, 6) is -0.433. The Labute approximate surface area is 163 Å². The summed E-state index contributed by atoms with van der Waals surface area (Å²) in [6.45, 7) is 8.49. The number of likely N-dealkylation sites (tertiary alicyclic amines) is 1. The number of carbonyl (C=O) groups is 1. The summed E-state index contributed by atoms with van der Waals surface area (Å²) in [4.78, 5) is 22.3. The molecular formula is C17H26BN3O5S. The smallest absolute Gasteiger partial charge is 0.399 e. The number of rotatable bonds is 5. The van der Waals surface area contributed by atoms with Crippen molar-refractivity contribution in [2.75, 3.05) is 19.7 Å². The van der Waals surface area contributed by atoms with Crippen LogP contribution in [0.2, 0.25) is 0 Å². The van der Waals surface area contributed by atoms with Crippen LogP contribution in [0.3, 0.4) is 0 Å². The highest BCUT2D eigenvalue weighted by atomic mass is 32.2. The molecule has 3 heterocycles. The Morgan fingerprint density at radius 1 is 1.33 bits per heavy atom. The van der Waals surface area contributed by atoms with Crippen molar-refractivity contribution in [2.24, 2.45) is 0 Å². The Hall–Kier alpha value is -1.20. The first-order valence-electron chi connectivity index (χ1n) is 9.05. The van der Waals surface area contributed by atoms with Crippen molar-refractivity contribution in [1.82, 2.24) is 14.9 Å². The van der Waals surface area contributed by atoms with Crippen LogP contribution >= 0.6 is 11.8 Å². The highest BCUT2D eigenvalue weighted by molar-refractivity contribution is 7.99. The van der Waals surface area contributed by atoms with Crippen LogP contribution in [0.25, 0.3) is 0 Å². The highest BCUT2D eigenvalue weighted by Gasteiger charge is 2.52. The number of aliphatic hydroxyl groups excluding tert-OH is 2. The fraction of sp³-hybridized carbons (Fsp3) is 0.706. The average molecular weight is 395 g/mol. The quantitative estimate of drug-likeness (QED) is 0.523. The van der Waals surface area contributed by atoms with Crippen molar-refractivity contribution in [3.8, 4) is 0 Å². The second kappa shape index (κ2) is 7.67. The number of amides is 1. The molecule has 0 aromatic carbocycles. The standard InChI is InChI=1S/C17H26BN3O5S/c1-16(2)17(3,4)26-18(25-16)11-7-19-15(20-8-11)27-12-5-6-21(9-12)14(24)13(23)10-22/h7-8,12-13,22-23H,5-6,9-10H2,1-4H3/t12-,13+/m0/s1. The van der Waals surface area contributed by atoms with Gasteiger partial charge in [-0.05, 0) is 34.1 Å². The van der Waals surface area contributed by atoms with Crippen molar-refractivity contribution in [2.45, 2.75) is 61.8 Å². The van der Waals surface area contributed by atoms with Gasteiger partial charge in [0.15, 0.2) is 11.3 Å². The number of carbonyl (C=O) groups excluding carboxylic acids is 1. The molecule has 2 N–H and O–H groups in total. The summed E-state index contributed by atoms with van der Waals surface area (Å²) in [6.07, 6.45) is 2.87. The lowest BCUT2D eigenvalue weighted by Gasteiger charge is -2.32. The zero-order valence-electron chi connectivity index (χ0n) is 16.1. The van der Waals surface area contributed by atoms with E-state index in [-0.39, 0.29) is 5.25 Å². The van der Waals surface area contributed by atoms with Crippen molar-refractivity contribution >= 4 is 30.3 Å².